The van der Waals surface area contributed by atoms with Crippen molar-refractivity contribution in [3.05, 3.63) is 47.3 Å². The second-order valence-corrected chi connectivity index (χ2v) is 6.47. The molecule has 0 radical (unpaired) electrons. The second-order valence-electron chi connectivity index (χ2n) is 6.47. The Labute approximate surface area is 136 Å². The van der Waals surface area contributed by atoms with Crippen LogP contribution in [0.15, 0.2) is 30.5 Å². The van der Waals surface area contributed by atoms with Crippen molar-refractivity contribution in [2.75, 3.05) is 25.0 Å². The molecule has 2 aromatic rings. The fourth-order valence-electron chi connectivity index (χ4n) is 3.77. The molecule has 1 saturated heterocycles. The Hall–Kier alpha value is -2.30. The minimum absolute atomic E-state index is 0.153. The predicted octanol–water partition coefficient (Wildman–Crippen LogP) is 2.79. The standard InChI is InChI=1S/C18H22N4O/c23-18(15-7-1-4-13-5-2-9-19-17(13)15)22-11-3-6-14(12-22)16-8-10-20-21-16/h1,4,7-8,10,14,19H,2-3,5-6,9,11-12H2,(H,20,21)/t14-/m1/s1. The molecule has 4 rings (SSSR count). The van der Waals surface area contributed by atoms with Gasteiger partial charge in [0.1, 0.15) is 0 Å². The van der Waals surface area contributed by atoms with Crippen LogP contribution < -0.4 is 5.32 Å². The highest BCUT2D eigenvalue weighted by Crippen LogP contribution is 2.30. The molecule has 23 heavy (non-hydrogen) atoms. The number of hydrogen-bond acceptors (Lipinski definition) is 3. The molecule has 0 bridgehead atoms. The van der Waals surface area contributed by atoms with Crippen molar-refractivity contribution >= 4 is 11.6 Å². The summed E-state index contributed by atoms with van der Waals surface area (Å²) in [6.45, 7) is 2.56. The molecule has 120 valence electrons. The molecule has 5 nitrogen and oxygen atoms in total. The number of fused-ring (bicyclic) bond motifs is 1. The lowest BCUT2D eigenvalue weighted by Gasteiger charge is -2.33. The molecule has 5 heteroatoms. The number of anilines is 1. The number of piperidine rings is 1. The van der Waals surface area contributed by atoms with E-state index in [4.69, 9.17) is 0 Å². The van der Waals surface area contributed by atoms with Gasteiger partial charge in [0.2, 0.25) is 0 Å². The third-order valence-electron chi connectivity index (χ3n) is 4.98. The van der Waals surface area contributed by atoms with E-state index in [0.717, 1.165) is 62.3 Å². The lowest BCUT2D eigenvalue weighted by atomic mass is 9.93. The van der Waals surface area contributed by atoms with Gasteiger partial charge in [0.15, 0.2) is 0 Å². The van der Waals surface area contributed by atoms with Crippen LogP contribution in [0.3, 0.4) is 0 Å². The Bertz CT molecular complexity index is 695. The van der Waals surface area contributed by atoms with E-state index in [1.807, 2.05) is 23.1 Å². The largest absolute Gasteiger partial charge is 0.384 e. The highest BCUT2D eigenvalue weighted by atomic mass is 16.2. The van der Waals surface area contributed by atoms with Crippen molar-refractivity contribution in [1.82, 2.24) is 15.1 Å². The lowest BCUT2D eigenvalue weighted by molar-refractivity contribution is 0.0706. The summed E-state index contributed by atoms with van der Waals surface area (Å²) in [5, 5.41) is 10.5. The number of aromatic nitrogens is 2. The molecule has 1 aromatic carbocycles. The van der Waals surface area contributed by atoms with E-state index < -0.39 is 0 Å². The Kier molecular flexibility index (Phi) is 3.77. The smallest absolute Gasteiger partial charge is 0.255 e. The number of amides is 1. The Balaban J connectivity index is 1.57. The van der Waals surface area contributed by atoms with Crippen molar-refractivity contribution in [2.45, 2.75) is 31.6 Å². The summed E-state index contributed by atoms with van der Waals surface area (Å²) in [6, 6.07) is 8.11. The van der Waals surface area contributed by atoms with Gasteiger partial charge in [0, 0.05) is 37.4 Å². The fraction of sp³-hybridized carbons (Fsp3) is 0.444. The third kappa shape index (κ3) is 2.71. The van der Waals surface area contributed by atoms with Crippen LogP contribution in [0, 0.1) is 0 Å². The number of likely N-dealkylation sites (tertiary alicyclic amines) is 1. The van der Waals surface area contributed by atoms with E-state index in [1.54, 1.807) is 6.20 Å². The number of rotatable bonds is 2. The maximum absolute atomic E-state index is 13.0. The predicted molar refractivity (Wildman–Crippen MR) is 89.7 cm³/mol. The van der Waals surface area contributed by atoms with Crippen LogP contribution in [0.5, 0.6) is 0 Å². The summed E-state index contributed by atoms with van der Waals surface area (Å²) in [6.07, 6.45) is 6.12. The van der Waals surface area contributed by atoms with Crippen molar-refractivity contribution in [3.8, 4) is 0 Å². The summed E-state index contributed by atoms with van der Waals surface area (Å²) in [7, 11) is 0. The first-order valence-electron chi connectivity index (χ1n) is 8.47. The van der Waals surface area contributed by atoms with Crippen molar-refractivity contribution in [2.24, 2.45) is 0 Å². The van der Waals surface area contributed by atoms with Gasteiger partial charge in [-0.15, -0.1) is 0 Å². The SMILES string of the molecule is O=C(c1cccc2c1NCCC2)N1CCC[C@@H](c2ccn[nH]2)C1. The number of aromatic amines is 1. The van der Waals surface area contributed by atoms with E-state index in [1.165, 1.54) is 5.56 Å². The highest BCUT2D eigenvalue weighted by Gasteiger charge is 2.28. The maximum atomic E-state index is 13.0. The first kappa shape index (κ1) is 14.3. The molecule has 1 aromatic heterocycles. The summed E-state index contributed by atoms with van der Waals surface area (Å²) < 4.78 is 0. The number of aryl methyl sites for hydroxylation is 1. The number of para-hydroxylation sites is 1. The zero-order valence-corrected chi connectivity index (χ0v) is 13.2. The molecular formula is C18H22N4O. The molecular weight excluding hydrogens is 288 g/mol. The van der Waals surface area contributed by atoms with Crippen molar-refractivity contribution in [3.63, 3.8) is 0 Å². The molecule has 1 fully saturated rings. The molecule has 2 N–H and O–H groups in total. The molecule has 0 aliphatic carbocycles. The van der Waals surface area contributed by atoms with Crippen LogP contribution in [0.1, 0.15) is 46.8 Å². The van der Waals surface area contributed by atoms with E-state index >= 15 is 0 Å². The quantitative estimate of drug-likeness (QED) is 0.896. The monoisotopic (exact) mass is 310 g/mol. The summed E-state index contributed by atoms with van der Waals surface area (Å²) in [4.78, 5) is 15.0. The number of nitrogens with zero attached hydrogens (tertiary/aromatic N) is 2. The number of hydrogen-bond donors (Lipinski definition) is 2. The van der Waals surface area contributed by atoms with Crippen LogP contribution in [0.4, 0.5) is 5.69 Å². The van der Waals surface area contributed by atoms with Crippen LogP contribution in [-0.2, 0) is 6.42 Å². The zero-order chi connectivity index (χ0) is 15.6. The first-order valence-corrected chi connectivity index (χ1v) is 8.47. The van der Waals surface area contributed by atoms with E-state index in [9.17, 15) is 4.79 Å². The molecule has 0 saturated carbocycles. The number of benzene rings is 1. The third-order valence-corrected chi connectivity index (χ3v) is 4.98. The average Bonchev–Trinajstić information content (AvgIpc) is 3.15. The molecule has 1 amide bonds. The number of carbonyl (C=O) groups excluding carboxylic acids is 1. The summed E-state index contributed by atoms with van der Waals surface area (Å²) in [5.41, 5.74) is 4.28. The van der Waals surface area contributed by atoms with Gasteiger partial charge in [-0.05, 0) is 43.4 Å². The highest BCUT2D eigenvalue weighted by molar-refractivity contribution is 6.00. The number of H-pyrrole nitrogens is 1. The van der Waals surface area contributed by atoms with E-state index in [2.05, 4.69) is 21.6 Å². The van der Waals surface area contributed by atoms with Crippen LogP contribution in [0.25, 0.3) is 0 Å². The second kappa shape index (κ2) is 6.07. The van der Waals surface area contributed by atoms with Gasteiger partial charge in [-0.1, -0.05) is 12.1 Å². The topological polar surface area (TPSA) is 61.0 Å². The van der Waals surface area contributed by atoms with Crippen LogP contribution in [0.2, 0.25) is 0 Å². The van der Waals surface area contributed by atoms with Gasteiger partial charge in [-0.2, -0.15) is 5.10 Å². The maximum Gasteiger partial charge on any atom is 0.255 e. The van der Waals surface area contributed by atoms with Gasteiger partial charge in [0.25, 0.3) is 5.91 Å². The lowest BCUT2D eigenvalue weighted by Crippen LogP contribution is -2.39. The van der Waals surface area contributed by atoms with E-state index in [-0.39, 0.29) is 5.91 Å². The summed E-state index contributed by atoms with van der Waals surface area (Å²) in [5.74, 6) is 0.517. The Morgan fingerprint density at radius 2 is 2.22 bits per heavy atom. The molecule has 0 spiro atoms. The van der Waals surface area contributed by atoms with Gasteiger partial charge in [-0.25, -0.2) is 0 Å². The molecule has 3 heterocycles. The minimum Gasteiger partial charge on any atom is -0.384 e. The van der Waals surface area contributed by atoms with Gasteiger partial charge in [-0.3, -0.25) is 9.89 Å². The molecule has 2 aliphatic rings. The number of nitrogens with one attached hydrogen (secondary N) is 2. The molecule has 1 atom stereocenters. The Morgan fingerprint density at radius 3 is 3.09 bits per heavy atom. The van der Waals surface area contributed by atoms with Gasteiger partial charge < -0.3 is 10.2 Å². The van der Waals surface area contributed by atoms with Gasteiger partial charge in [0.05, 0.1) is 11.3 Å². The van der Waals surface area contributed by atoms with Crippen LogP contribution >= 0.6 is 0 Å². The fourth-order valence-corrected chi connectivity index (χ4v) is 3.77. The normalized spacial score (nSPS) is 20.7. The average molecular weight is 310 g/mol. The summed E-state index contributed by atoms with van der Waals surface area (Å²) >= 11 is 0. The Morgan fingerprint density at radius 1 is 1.26 bits per heavy atom. The van der Waals surface area contributed by atoms with E-state index in [0.29, 0.717) is 5.92 Å². The van der Waals surface area contributed by atoms with Crippen LogP contribution in [-0.4, -0.2) is 40.6 Å². The molecule has 2 aliphatic heterocycles. The minimum atomic E-state index is 0.153. The van der Waals surface area contributed by atoms with Crippen molar-refractivity contribution < 1.29 is 4.79 Å². The van der Waals surface area contributed by atoms with Gasteiger partial charge >= 0.3 is 0 Å². The first-order chi connectivity index (χ1) is 11.3. The zero-order valence-electron chi connectivity index (χ0n) is 13.2. The molecule has 0 unspecified atom stereocenters. The van der Waals surface area contributed by atoms with Crippen molar-refractivity contribution in [1.29, 1.82) is 0 Å². The number of carbonyl (C=O) groups is 1.